The van der Waals surface area contributed by atoms with Crippen LogP contribution in [0.2, 0.25) is 0 Å². The minimum absolute atomic E-state index is 0.840. The van der Waals surface area contributed by atoms with E-state index in [1.165, 1.54) is 0 Å². The standard InChI is InChI=1S/C6H9NO/c1-8-6-4-2-3-5-7-6/h2-4,7H,5H2,1H3. The van der Waals surface area contributed by atoms with Crippen LogP contribution >= 0.6 is 0 Å². The molecule has 44 valence electrons. The Bertz CT molecular complexity index is 126. The van der Waals surface area contributed by atoms with Gasteiger partial charge in [0.15, 0.2) is 5.88 Å². The lowest BCUT2D eigenvalue weighted by Gasteiger charge is -2.08. The van der Waals surface area contributed by atoms with Crippen molar-refractivity contribution in [2.45, 2.75) is 0 Å². The maximum Gasteiger partial charge on any atom is 0.186 e. The van der Waals surface area contributed by atoms with Crippen molar-refractivity contribution >= 4 is 0 Å². The minimum atomic E-state index is 0.840. The second kappa shape index (κ2) is 2.40. The van der Waals surface area contributed by atoms with Gasteiger partial charge in [-0.2, -0.15) is 0 Å². The molecule has 0 spiro atoms. The first kappa shape index (κ1) is 5.22. The Morgan fingerprint density at radius 2 is 2.62 bits per heavy atom. The maximum atomic E-state index is 4.89. The predicted octanol–water partition coefficient (Wildman–Crippen LogP) is 0.634. The number of methoxy groups -OCH3 is 1. The molecule has 0 aromatic rings. The summed E-state index contributed by atoms with van der Waals surface area (Å²) in [7, 11) is 1.65. The van der Waals surface area contributed by atoms with Crippen LogP contribution in [0.5, 0.6) is 0 Å². The smallest absolute Gasteiger partial charge is 0.186 e. The van der Waals surface area contributed by atoms with Crippen LogP contribution in [-0.4, -0.2) is 13.7 Å². The number of dihydropyridines is 1. The molecule has 1 aliphatic heterocycles. The number of rotatable bonds is 1. The summed E-state index contributed by atoms with van der Waals surface area (Å²) >= 11 is 0. The second-order valence-corrected chi connectivity index (χ2v) is 1.54. The number of hydrogen-bond acceptors (Lipinski definition) is 2. The van der Waals surface area contributed by atoms with Crippen LogP contribution in [0.15, 0.2) is 24.1 Å². The Labute approximate surface area is 48.8 Å². The van der Waals surface area contributed by atoms with E-state index in [4.69, 9.17) is 4.74 Å². The highest BCUT2D eigenvalue weighted by molar-refractivity contribution is 5.11. The molecule has 0 amide bonds. The van der Waals surface area contributed by atoms with Gasteiger partial charge in [0, 0.05) is 6.54 Å². The summed E-state index contributed by atoms with van der Waals surface area (Å²) in [6.07, 6.45) is 5.89. The number of hydrogen-bond donors (Lipinski definition) is 1. The average Bonchev–Trinajstić information content (AvgIpc) is 1.90. The molecule has 0 fully saturated rings. The summed E-state index contributed by atoms with van der Waals surface area (Å²) < 4.78 is 4.89. The lowest BCUT2D eigenvalue weighted by atomic mass is 10.4. The first-order valence-electron chi connectivity index (χ1n) is 2.58. The van der Waals surface area contributed by atoms with E-state index in [1.54, 1.807) is 7.11 Å². The molecule has 0 aromatic heterocycles. The molecule has 1 rings (SSSR count). The van der Waals surface area contributed by atoms with E-state index in [2.05, 4.69) is 5.32 Å². The van der Waals surface area contributed by atoms with Gasteiger partial charge < -0.3 is 10.1 Å². The Kier molecular flexibility index (Phi) is 1.57. The van der Waals surface area contributed by atoms with Crippen molar-refractivity contribution < 1.29 is 4.74 Å². The number of allylic oxidation sites excluding steroid dienone is 2. The van der Waals surface area contributed by atoms with Crippen molar-refractivity contribution in [3.63, 3.8) is 0 Å². The van der Waals surface area contributed by atoms with E-state index in [9.17, 15) is 0 Å². The zero-order valence-corrected chi connectivity index (χ0v) is 4.85. The third-order valence-corrected chi connectivity index (χ3v) is 0.998. The molecule has 0 radical (unpaired) electrons. The van der Waals surface area contributed by atoms with Crippen molar-refractivity contribution in [1.29, 1.82) is 0 Å². The van der Waals surface area contributed by atoms with Gasteiger partial charge in [-0.1, -0.05) is 12.2 Å². The van der Waals surface area contributed by atoms with Crippen molar-refractivity contribution in [3.05, 3.63) is 24.1 Å². The van der Waals surface area contributed by atoms with Gasteiger partial charge in [0.1, 0.15) is 0 Å². The molecule has 0 saturated carbocycles. The first-order chi connectivity index (χ1) is 3.93. The fraction of sp³-hybridized carbons (Fsp3) is 0.333. The number of ether oxygens (including phenoxy) is 1. The quantitative estimate of drug-likeness (QED) is 0.536. The van der Waals surface area contributed by atoms with E-state index < -0.39 is 0 Å². The second-order valence-electron chi connectivity index (χ2n) is 1.54. The SMILES string of the molecule is COC1=CC=CCN1. The van der Waals surface area contributed by atoms with Gasteiger partial charge in [0.25, 0.3) is 0 Å². The molecule has 0 bridgehead atoms. The Hall–Kier alpha value is -0.920. The molecule has 0 saturated heterocycles. The fourth-order valence-electron chi connectivity index (χ4n) is 0.582. The van der Waals surface area contributed by atoms with Crippen LogP contribution in [0.25, 0.3) is 0 Å². The highest BCUT2D eigenvalue weighted by Gasteiger charge is 1.92. The monoisotopic (exact) mass is 111 g/mol. The molecule has 0 aromatic carbocycles. The third-order valence-electron chi connectivity index (χ3n) is 0.998. The normalized spacial score (nSPS) is 16.9. The Morgan fingerprint density at radius 1 is 1.75 bits per heavy atom. The van der Waals surface area contributed by atoms with E-state index >= 15 is 0 Å². The van der Waals surface area contributed by atoms with Crippen LogP contribution < -0.4 is 5.32 Å². The van der Waals surface area contributed by atoms with Crippen molar-refractivity contribution in [1.82, 2.24) is 5.32 Å². The molecule has 2 heteroatoms. The molecule has 0 atom stereocenters. The summed E-state index contributed by atoms with van der Waals surface area (Å²) in [5, 5.41) is 3.02. The zero-order valence-electron chi connectivity index (χ0n) is 4.85. The average molecular weight is 111 g/mol. The highest BCUT2D eigenvalue weighted by Crippen LogP contribution is 1.94. The van der Waals surface area contributed by atoms with Gasteiger partial charge in [-0.05, 0) is 6.08 Å². The summed E-state index contributed by atoms with van der Waals surface area (Å²) in [6.45, 7) is 0.875. The third kappa shape index (κ3) is 1.03. The van der Waals surface area contributed by atoms with Crippen molar-refractivity contribution in [3.8, 4) is 0 Å². The van der Waals surface area contributed by atoms with Crippen LogP contribution in [0.4, 0.5) is 0 Å². The van der Waals surface area contributed by atoms with Gasteiger partial charge in [0.2, 0.25) is 0 Å². The summed E-state index contributed by atoms with van der Waals surface area (Å²) in [5.74, 6) is 0.840. The lowest BCUT2D eigenvalue weighted by molar-refractivity contribution is 0.263. The summed E-state index contributed by atoms with van der Waals surface area (Å²) in [6, 6.07) is 0. The largest absolute Gasteiger partial charge is 0.483 e. The van der Waals surface area contributed by atoms with Crippen LogP contribution in [-0.2, 0) is 4.74 Å². The molecule has 1 aliphatic rings. The molecule has 0 unspecified atom stereocenters. The van der Waals surface area contributed by atoms with E-state index in [1.807, 2.05) is 18.2 Å². The van der Waals surface area contributed by atoms with Gasteiger partial charge in [-0.25, -0.2) is 0 Å². The maximum absolute atomic E-state index is 4.89. The van der Waals surface area contributed by atoms with Crippen LogP contribution in [0.1, 0.15) is 0 Å². The predicted molar refractivity (Wildman–Crippen MR) is 32.2 cm³/mol. The minimum Gasteiger partial charge on any atom is -0.483 e. The summed E-state index contributed by atoms with van der Waals surface area (Å²) in [4.78, 5) is 0. The molecular weight excluding hydrogens is 102 g/mol. The molecular formula is C6H9NO. The van der Waals surface area contributed by atoms with E-state index in [-0.39, 0.29) is 0 Å². The van der Waals surface area contributed by atoms with E-state index in [0.29, 0.717) is 0 Å². The van der Waals surface area contributed by atoms with Crippen LogP contribution in [0.3, 0.4) is 0 Å². The molecule has 1 N–H and O–H groups in total. The van der Waals surface area contributed by atoms with Gasteiger partial charge in [0.05, 0.1) is 7.11 Å². The van der Waals surface area contributed by atoms with E-state index in [0.717, 1.165) is 12.4 Å². The van der Waals surface area contributed by atoms with Gasteiger partial charge >= 0.3 is 0 Å². The first-order valence-corrected chi connectivity index (χ1v) is 2.58. The Morgan fingerprint density at radius 3 is 3.00 bits per heavy atom. The van der Waals surface area contributed by atoms with Gasteiger partial charge in [-0.3, -0.25) is 0 Å². The fourth-order valence-corrected chi connectivity index (χ4v) is 0.582. The molecule has 1 heterocycles. The molecule has 2 nitrogen and oxygen atoms in total. The zero-order chi connectivity index (χ0) is 5.82. The molecule has 0 aliphatic carbocycles. The molecule has 8 heavy (non-hydrogen) atoms. The Balaban J connectivity index is 2.50. The van der Waals surface area contributed by atoms with Gasteiger partial charge in [-0.15, -0.1) is 0 Å². The van der Waals surface area contributed by atoms with Crippen molar-refractivity contribution in [2.75, 3.05) is 13.7 Å². The topological polar surface area (TPSA) is 21.3 Å². The summed E-state index contributed by atoms with van der Waals surface area (Å²) in [5.41, 5.74) is 0. The highest BCUT2D eigenvalue weighted by atomic mass is 16.5. The van der Waals surface area contributed by atoms with Crippen LogP contribution in [0, 0.1) is 0 Å². The lowest BCUT2D eigenvalue weighted by Crippen LogP contribution is -2.16. The van der Waals surface area contributed by atoms with Crippen molar-refractivity contribution in [2.24, 2.45) is 0 Å². The number of nitrogens with one attached hydrogen (secondary N) is 1.